The van der Waals surface area contributed by atoms with Crippen molar-refractivity contribution in [2.24, 2.45) is 23.2 Å². The van der Waals surface area contributed by atoms with Crippen LogP contribution in [0.1, 0.15) is 45.4 Å². The van der Waals surface area contributed by atoms with Crippen LogP contribution in [0.15, 0.2) is 12.3 Å². The molecular weight excluding hydrogens is 260 g/mol. The molecule has 4 fully saturated rings. The van der Waals surface area contributed by atoms with E-state index in [0.29, 0.717) is 17.4 Å². The van der Waals surface area contributed by atoms with Gasteiger partial charge in [-0.05, 0) is 74.7 Å². The van der Waals surface area contributed by atoms with Crippen molar-refractivity contribution in [2.45, 2.75) is 51.5 Å². The Kier molecular flexibility index (Phi) is 3.09. The lowest BCUT2D eigenvalue weighted by molar-refractivity contribution is -0.0603. The summed E-state index contributed by atoms with van der Waals surface area (Å²) in [4.78, 5) is 8.72. The molecule has 1 heterocycles. The van der Waals surface area contributed by atoms with Crippen LogP contribution >= 0.6 is 0 Å². The molecule has 5 rings (SSSR count). The van der Waals surface area contributed by atoms with Gasteiger partial charge in [0.25, 0.3) is 0 Å². The average molecular weight is 286 g/mol. The second-order valence-electron chi connectivity index (χ2n) is 7.66. The van der Waals surface area contributed by atoms with Gasteiger partial charge in [-0.25, -0.2) is 4.98 Å². The summed E-state index contributed by atoms with van der Waals surface area (Å²) in [6.07, 6.45) is 10.6. The number of hydrogen-bond acceptors (Lipinski definition) is 4. The molecule has 4 bridgehead atoms. The maximum Gasteiger partial charge on any atom is 0.224 e. The van der Waals surface area contributed by atoms with E-state index in [2.05, 4.69) is 27.5 Å². The Morgan fingerprint density at radius 3 is 2.33 bits per heavy atom. The largest absolute Gasteiger partial charge is 0.367 e. The van der Waals surface area contributed by atoms with E-state index in [4.69, 9.17) is 0 Å². The van der Waals surface area contributed by atoms with Gasteiger partial charge in [0.15, 0.2) is 0 Å². The van der Waals surface area contributed by atoms with Gasteiger partial charge in [-0.15, -0.1) is 0 Å². The van der Waals surface area contributed by atoms with Crippen LogP contribution in [-0.4, -0.2) is 23.1 Å². The van der Waals surface area contributed by atoms with Crippen molar-refractivity contribution in [1.82, 2.24) is 9.97 Å². The van der Waals surface area contributed by atoms with Gasteiger partial charge in [0.05, 0.1) is 0 Å². The molecule has 0 aliphatic heterocycles. The Labute approximate surface area is 127 Å². The van der Waals surface area contributed by atoms with Gasteiger partial charge in [-0.2, -0.15) is 4.98 Å². The Bertz CT molecular complexity index is 492. The van der Waals surface area contributed by atoms with Crippen molar-refractivity contribution in [3.05, 3.63) is 12.3 Å². The first kappa shape index (κ1) is 13.4. The molecule has 4 saturated carbocycles. The molecule has 0 spiro atoms. The summed E-state index contributed by atoms with van der Waals surface area (Å²) in [5.74, 6) is 4.65. The minimum absolute atomic E-state index is 0.505. The molecule has 0 amide bonds. The van der Waals surface area contributed by atoms with Crippen molar-refractivity contribution in [2.75, 3.05) is 17.7 Å². The van der Waals surface area contributed by atoms with E-state index in [1.54, 1.807) is 0 Å². The van der Waals surface area contributed by atoms with Gasteiger partial charge < -0.3 is 10.6 Å². The molecule has 2 N–H and O–H groups in total. The summed E-state index contributed by atoms with van der Waals surface area (Å²) in [5.41, 5.74) is 0.513. The Morgan fingerprint density at radius 2 is 1.76 bits per heavy atom. The summed E-state index contributed by atoms with van der Waals surface area (Å²) >= 11 is 0. The van der Waals surface area contributed by atoms with Crippen molar-refractivity contribution < 1.29 is 0 Å². The minimum Gasteiger partial charge on any atom is -0.367 e. The maximum absolute atomic E-state index is 4.53. The Hall–Kier alpha value is -1.32. The Balaban J connectivity index is 1.53. The smallest absolute Gasteiger partial charge is 0.224 e. The van der Waals surface area contributed by atoms with E-state index in [1.165, 1.54) is 38.5 Å². The topological polar surface area (TPSA) is 49.8 Å². The van der Waals surface area contributed by atoms with Gasteiger partial charge in [-0.3, -0.25) is 0 Å². The predicted octanol–water partition coefficient (Wildman–Crippen LogP) is 3.54. The molecule has 0 radical (unpaired) electrons. The van der Waals surface area contributed by atoms with Gasteiger partial charge in [0, 0.05) is 19.3 Å². The number of aromatic nitrogens is 2. The van der Waals surface area contributed by atoms with Crippen LogP contribution in [0.2, 0.25) is 0 Å². The van der Waals surface area contributed by atoms with Crippen molar-refractivity contribution in [1.29, 1.82) is 0 Å². The number of nitrogens with zero attached hydrogens (tertiary/aromatic N) is 2. The molecule has 21 heavy (non-hydrogen) atoms. The molecule has 1 atom stereocenters. The number of rotatable bonds is 4. The van der Waals surface area contributed by atoms with Crippen LogP contribution in [0, 0.1) is 23.2 Å². The molecule has 4 aliphatic rings. The summed E-state index contributed by atoms with van der Waals surface area (Å²) in [5, 5.41) is 6.70. The van der Waals surface area contributed by atoms with E-state index in [0.717, 1.165) is 23.6 Å². The molecule has 1 unspecified atom stereocenters. The Morgan fingerprint density at radius 1 is 1.14 bits per heavy atom. The lowest BCUT2D eigenvalue weighted by atomic mass is 9.48. The molecule has 1 aromatic heterocycles. The number of anilines is 2. The SMILES string of the molecule is CNc1nccc(NC(C)C23CC4CC(CC(C4)C2)C3)n1. The normalized spacial score (nSPS) is 38.3. The maximum atomic E-state index is 4.53. The van der Waals surface area contributed by atoms with E-state index in [-0.39, 0.29) is 0 Å². The van der Waals surface area contributed by atoms with Crippen LogP contribution < -0.4 is 10.6 Å². The number of nitrogens with one attached hydrogen (secondary N) is 2. The molecule has 0 aromatic carbocycles. The quantitative estimate of drug-likeness (QED) is 0.889. The van der Waals surface area contributed by atoms with E-state index in [9.17, 15) is 0 Å². The minimum atomic E-state index is 0.505. The van der Waals surface area contributed by atoms with Crippen LogP contribution in [0.25, 0.3) is 0 Å². The van der Waals surface area contributed by atoms with Gasteiger partial charge in [0.2, 0.25) is 5.95 Å². The molecule has 1 aromatic rings. The lowest BCUT2D eigenvalue weighted by Crippen LogP contribution is -2.53. The van der Waals surface area contributed by atoms with Crippen molar-refractivity contribution in [3.63, 3.8) is 0 Å². The van der Waals surface area contributed by atoms with Crippen LogP contribution in [0.3, 0.4) is 0 Å². The molecule has 4 heteroatoms. The zero-order valence-corrected chi connectivity index (χ0v) is 13.1. The van der Waals surface area contributed by atoms with E-state index in [1.807, 2.05) is 19.3 Å². The van der Waals surface area contributed by atoms with Crippen molar-refractivity contribution in [3.8, 4) is 0 Å². The molecule has 0 saturated heterocycles. The first-order valence-electron chi connectivity index (χ1n) is 8.44. The first-order chi connectivity index (χ1) is 10.2. The first-order valence-corrected chi connectivity index (χ1v) is 8.44. The third-order valence-electron chi connectivity index (χ3n) is 6.25. The third-order valence-corrected chi connectivity index (χ3v) is 6.25. The highest BCUT2D eigenvalue weighted by atomic mass is 15.1. The molecular formula is C17H26N4. The van der Waals surface area contributed by atoms with E-state index < -0.39 is 0 Å². The van der Waals surface area contributed by atoms with E-state index >= 15 is 0 Å². The summed E-state index contributed by atoms with van der Waals surface area (Å²) in [6.45, 7) is 2.37. The fraction of sp³-hybridized carbons (Fsp3) is 0.765. The second kappa shape index (κ2) is 4.85. The fourth-order valence-corrected chi connectivity index (χ4v) is 5.64. The number of hydrogen-bond donors (Lipinski definition) is 2. The van der Waals surface area contributed by atoms with Crippen LogP contribution in [0.4, 0.5) is 11.8 Å². The molecule has 4 aliphatic carbocycles. The summed E-state index contributed by atoms with van der Waals surface area (Å²) in [7, 11) is 1.86. The summed E-state index contributed by atoms with van der Waals surface area (Å²) < 4.78 is 0. The predicted molar refractivity (Wildman–Crippen MR) is 85.3 cm³/mol. The molecule has 114 valence electrons. The van der Waals surface area contributed by atoms with Crippen LogP contribution in [-0.2, 0) is 0 Å². The fourth-order valence-electron chi connectivity index (χ4n) is 5.64. The standard InChI is InChI=1S/C17H26N4/c1-11(20-15-3-4-19-16(18-2)21-15)17-8-12-5-13(9-17)7-14(6-12)10-17/h3-4,11-14H,5-10H2,1-2H3,(H2,18,19,20,21). The highest BCUT2D eigenvalue weighted by molar-refractivity contribution is 5.40. The van der Waals surface area contributed by atoms with Gasteiger partial charge in [-0.1, -0.05) is 0 Å². The monoisotopic (exact) mass is 286 g/mol. The van der Waals surface area contributed by atoms with Crippen LogP contribution in [0.5, 0.6) is 0 Å². The van der Waals surface area contributed by atoms with Gasteiger partial charge in [0.1, 0.15) is 5.82 Å². The third kappa shape index (κ3) is 2.29. The zero-order chi connectivity index (χ0) is 14.4. The van der Waals surface area contributed by atoms with Crippen molar-refractivity contribution >= 4 is 11.8 Å². The second-order valence-corrected chi connectivity index (χ2v) is 7.66. The average Bonchev–Trinajstić information content (AvgIpc) is 2.46. The highest BCUT2D eigenvalue weighted by Gasteiger charge is 2.53. The lowest BCUT2D eigenvalue weighted by Gasteiger charge is -2.59. The molecule has 4 nitrogen and oxygen atoms in total. The van der Waals surface area contributed by atoms with Gasteiger partial charge >= 0.3 is 0 Å². The summed E-state index contributed by atoms with van der Waals surface area (Å²) in [6, 6.07) is 2.49. The highest BCUT2D eigenvalue weighted by Crippen LogP contribution is 2.61. The zero-order valence-electron chi connectivity index (χ0n) is 13.1.